The first-order valence-corrected chi connectivity index (χ1v) is 9.81. The van der Waals surface area contributed by atoms with Crippen molar-refractivity contribution in [3.8, 4) is 5.75 Å². The van der Waals surface area contributed by atoms with Crippen LogP contribution in [0.25, 0.3) is 0 Å². The number of non-ortho nitro benzene ring substituents is 1. The maximum absolute atomic E-state index is 12.7. The molecule has 0 radical (unpaired) electrons. The van der Waals surface area contributed by atoms with E-state index in [1.807, 2.05) is 19.1 Å². The number of carbonyl (C=O) groups excluding carboxylic acids is 2. The number of esters is 1. The van der Waals surface area contributed by atoms with Crippen LogP contribution in [0, 0.1) is 23.0 Å². The van der Waals surface area contributed by atoms with E-state index >= 15 is 0 Å². The Morgan fingerprint density at radius 2 is 1.94 bits per heavy atom. The number of rotatable bonds is 7. The molecule has 0 bridgehead atoms. The maximum atomic E-state index is 12.7. The molecule has 0 fully saturated rings. The lowest BCUT2D eigenvalue weighted by Crippen LogP contribution is -2.45. The van der Waals surface area contributed by atoms with Crippen LogP contribution in [0.2, 0.25) is 0 Å². The monoisotopic (exact) mass is 428 g/mol. The van der Waals surface area contributed by atoms with E-state index in [0.29, 0.717) is 22.4 Å². The van der Waals surface area contributed by atoms with Gasteiger partial charge in [-0.15, -0.1) is 0 Å². The molecule has 0 spiro atoms. The Balaban J connectivity index is 1.73. The predicted octanol–water partition coefficient (Wildman–Crippen LogP) is 3.27. The second kappa shape index (κ2) is 9.57. The van der Waals surface area contributed by atoms with Crippen LogP contribution < -0.4 is 10.1 Å². The third-order valence-corrected chi connectivity index (χ3v) is 4.87. The average Bonchev–Trinajstić information content (AvgIpc) is 2.75. The van der Waals surface area contributed by atoms with Crippen molar-refractivity contribution < 1.29 is 28.7 Å². The molecule has 2 aromatic rings. The number of nitro groups is 1. The van der Waals surface area contributed by atoms with Gasteiger partial charge in [0.2, 0.25) is 0 Å². The molecule has 0 saturated heterocycles. The van der Waals surface area contributed by atoms with E-state index in [9.17, 15) is 19.7 Å². The van der Waals surface area contributed by atoms with Gasteiger partial charge in [0.15, 0.2) is 6.79 Å². The van der Waals surface area contributed by atoms with Crippen LogP contribution in [0.5, 0.6) is 5.75 Å². The molecule has 31 heavy (non-hydrogen) atoms. The number of amides is 1. The van der Waals surface area contributed by atoms with Crippen LogP contribution >= 0.6 is 0 Å². The molecule has 1 aliphatic heterocycles. The second-order valence-corrected chi connectivity index (χ2v) is 7.63. The summed E-state index contributed by atoms with van der Waals surface area (Å²) < 4.78 is 16.0. The number of hydrogen-bond acceptors (Lipinski definition) is 7. The van der Waals surface area contributed by atoms with Gasteiger partial charge in [-0.25, -0.2) is 4.79 Å². The van der Waals surface area contributed by atoms with Gasteiger partial charge in [0.05, 0.1) is 11.5 Å². The number of carbonyl (C=O) groups is 2. The molecule has 0 aromatic heterocycles. The Labute approximate surface area is 179 Å². The number of nitro benzene ring substituents is 1. The zero-order valence-corrected chi connectivity index (χ0v) is 17.5. The summed E-state index contributed by atoms with van der Waals surface area (Å²) in [5, 5.41) is 13.9. The van der Waals surface area contributed by atoms with Crippen molar-refractivity contribution in [1.29, 1.82) is 0 Å². The zero-order chi connectivity index (χ0) is 22.5. The summed E-state index contributed by atoms with van der Waals surface area (Å²) in [6.07, 6.45) is 0. The van der Waals surface area contributed by atoms with Crippen LogP contribution in [-0.4, -0.2) is 29.6 Å². The number of benzene rings is 2. The van der Waals surface area contributed by atoms with Crippen molar-refractivity contribution in [3.63, 3.8) is 0 Å². The number of aryl methyl sites for hydroxylation is 1. The average molecular weight is 428 g/mol. The predicted molar refractivity (Wildman–Crippen MR) is 110 cm³/mol. The van der Waals surface area contributed by atoms with Crippen molar-refractivity contribution in [2.45, 2.75) is 40.0 Å². The summed E-state index contributed by atoms with van der Waals surface area (Å²) >= 11 is 0. The first kappa shape index (κ1) is 22.2. The quantitative estimate of drug-likeness (QED) is 0.409. The van der Waals surface area contributed by atoms with Crippen molar-refractivity contribution in [2.75, 3.05) is 6.79 Å². The summed E-state index contributed by atoms with van der Waals surface area (Å²) in [6.45, 7) is 5.44. The topological polar surface area (TPSA) is 117 Å². The summed E-state index contributed by atoms with van der Waals surface area (Å²) in [6, 6.07) is 8.79. The van der Waals surface area contributed by atoms with E-state index in [0.717, 1.165) is 5.56 Å². The van der Waals surface area contributed by atoms with Crippen LogP contribution in [0.1, 0.15) is 40.9 Å². The molecule has 1 amide bonds. The Morgan fingerprint density at radius 1 is 1.23 bits per heavy atom. The number of nitrogens with zero attached hydrogens (tertiary/aromatic N) is 1. The molecule has 1 aliphatic rings. The number of nitrogens with one attached hydrogen (secondary N) is 1. The van der Waals surface area contributed by atoms with Crippen LogP contribution in [0.3, 0.4) is 0 Å². The Kier molecular flexibility index (Phi) is 6.86. The minimum absolute atomic E-state index is 0.00693. The first-order chi connectivity index (χ1) is 14.8. The summed E-state index contributed by atoms with van der Waals surface area (Å²) in [7, 11) is 0. The molecule has 3 rings (SSSR count). The van der Waals surface area contributed by atoms with Crippen LogP contribution in [0.4, 0.5) is 5.69 Å². The normalized spacial score (nSPS) is 13.7. The van der Waals surface area contributed by atoms with Gasteiger partial charge in [-0.1, -0.05) is 31.5 Å². The molecule has 9 nitrogen and oxygen atoms in total. The lowest BCUT2D eigenvalue weighted by molar-refractivity contribution is -0.385. The van der Waals surface area contributed by atoms with E-state index in [1.54, 1.807) is 26.0 Å². The highest BCUT2D eigenvalue weighted by Gasteiger charge is 2.28. The molecule has 1 atom stereocenters. The Morgan fingerprint density at radius 3 is 2.58 bits per heavy atom. The highest BCUT2D eigenvalue weighted by atomic mass is 16.7. The van der Waals surface area contributed by atoms with Gasteiger partial charge in [0.25, 0.3) is 11.6 Å². The second-order valence-electron chi connectivity index (χ2n) is 7.63. The summed E-state index contributed by atoms with van der Waals surface area (Å²) in [5.41, 5.74) is 2.19. The molecule has 1 heterocycles. The van der Waals surface area contributed by atoms with Crippen molar-refractivity contribution in [2.24, 2.45) is 5.92 Å². The minimum atomic E-state index is -0.882. The third-order valence-electron chi connectivity index (χ3n) is 4.87. The summed E-state index contributed by atoms with van der Waals surface area (Å²) in [5.74, 6) is -0.841. The number of fused-ring (bicyclic) bond motifs is 1. The van der Waals surface area contributed by atoms with E-state index in [1.165, 1.54) is 12.1 Å². The van der Waals surface area contributed by atoms with Gasteiger partial charge in [-0.05, 0) is 25.0 Å². The Hall–Kier alpha value is -3.46. The standard InChI is InChI=1S/C22H24N2O7/c1-13(2)19(23-21(25)15-6-4-14(3)5-7-15)22(26)30-11-17-9-18(24(27)28)8-16-10-29-12-31-20(16)17/h4-9,13,19H,10-12H2,1-3H3,(H,23,25). The van der Waals surface area contributed by atoms with Gasteiger partial charge in [-0.3, -0.25) is 14.9 Å². The van der Waals surface area contributed by atoms with Gasteiger partial charge in [0.1, 0.15) is 18.4 Å². The number of ether oxygens (including phenoxy) is 3. The highest BCUT2D eigenvalue weighted by molar-refractivity contribution is 5.96. The SMILES string of the molecule is Cc1ccc(C(=O)NC(C(=O)OCc2cc([N+](=O)[O-])cc3c2OCOC3)C(C)C)cc1. The highest BCUT2D eigenvalue weighted by Crippen LogP contribution is 2.33. The number of hydrogen-bond donors (Lipinski definition) is 1. The van der Waals surface area contributed by atoms with Gasteiger partial charge in [-0.2, -0.15) is 0 Å². The van der Waals surface area contributed by atoms with E-state index in [2.05, 4.69) is 5.32 Å². The molecular weight excluding hydrogens is 404 g/mol. The molecule has 1 N–H and O–H groups in total. The van der Waals surface area contributed by atoms with E-state index in [4.69, 9.17) is 14.2 Å². The van der Waals surface area contributed by atoms with Gasteiger partial charge in [0, 0.05) is 28.8 Å². The molecule has 0 aliphatic carbocycles. The molecule has 2 aromatic carbocycles. The van der Waals surface area contributed by atoms with Gasteiger partial charge < -0.3 is 19.5 Å². The van der Waals surface area contributed by atoms with E-state index in [-0.39, 0.29) is 37.5 Å². The maximum Gasteiger partial charge on any atom is 0.329 e. The van der Waals surface area contributed by atoms with E-state index < -0.39 is 16.9 Å². The molecule has 164 valence electrons. The molecule has 9 heteroatoms. The summed E-state index contributed by atoms with van der Waals surface area (Å²) in [4.78, 5) is 36.0. The third kappa shape index (κ3) is 5.37. The molecule has 0 saturated carbocycles. The fraction of sp³-hybridized carbons (Fsp3) is 0.364. The molecular formula is C22H24N2O7. The smallest absolute Gasteiger partial charge is 0.329 e. The lowest BCUT2D eigenvalue weighted by Gasteiger charge is -2.23. The fourth-order valence-corrected chi connectivity index (χ4v) is 3.16. The zero-order valence-electron chi connectivity index (χ0n) is 17.5. The van der Waals surface area contributed by atoms with Crippen LogP contribution in [0.15, 0.2) is 36.4 Å². The van der Waals surface area contributed by atoms with Crippen molar-refractivity contribution >= 4 is 17.6 Å². The largest absolute Gasteiger partial charge is 0.467 e. The van der Waals surface area contributed by atoms with Gasteiger partial charge >= 0.3 is 5.97 Å². The fourth-order valence-electron chi connectivity index (χ4n) is 3.16. The first-order valence-electron chi connectivity index (χ1n) is 9.81. The Bertz CT molecular complexity index is 986. The van der Waals surface area contributed by atoms with Crippen molar-refractivity contribution in [3.05, 3.63) is 68.8 Å². The lowest BCUT2D eigenvalue weighted by atomic mass is 10.0. The van der Waals surface area contributed by atoms with Crippen LogP contribution in [-0.2, 0) is 27.5 Å². The molecule has 1 unspecified atom stereocenters. The van der Waals surface area contributed by atoms with Crippen molar-refractivity contribution in [1.82, 2.24) is 5.32 Å². The minimum Gasteiger partial charge on any atom is -0.467 e.